The van der Waals surface area contributed by atoms with Crippen molar-refractivity contribution in [1.29, 1.82) is 0 Å². The molecule has 1 rings (SSSR count). The summed E-state index contributed by atoms with van der Waals surface area (Å²) in [4.78, 5) is 0. The first-order chi connectivity index (χ1) is 6.58. The summed E-state index contributed by atoms with van der Waals surface area (Å²) in [5, 5.41) is 10.4. The van der Waals surface area contributed by atoms with Crippen molar-refractivity contribution in [2.75, 3.05) is 13.2 Å². The highest BCUT2D eigenvalue weighted by atomic mass is 16.5. The van der Waals surface area contributed by atoms with Crippen LogP contribution in [0.3, 0.4) is 0 Å². The summed E-state index contributed by atoms with van der Waals surface area (Å²) in [6.07, 6.45) is 4.05. The van der Waals surface area contributed by atoms with Gasteiger partial charge >= 0.3 is 0 Å². The van der Waals surface area contributed by atoms with Crippen molar-refractivity contribution in [2.45, 2.75) is 52.1 Å². The highest BCUT2D eigenvalue weighted by Gasteiger charge is 2.32. The van der Waals surface area contributed by atoms with E-state index in [1.807, 2.05) is 0 Å². The lowest BCUT2D eigenvalue weighted by atomic mass is 9.78. The van der Waals surface area contributed by atoms with Crippen molar-refractivity contribution in [3.8, 4) is 0 Å². The van der Waals surface area contributed by atoms with Gasteiger partial charge in [-0.2, -0.15) is 0 Å². The lowest BCUT2D eigenvalue weighted by Crippen LogP contribution is -2.37. The normalized spacial score (nSPS) is 23.8. The van der Waals surface area contributed by atoms with Crippen molar-refractivity contribution in [1.82, 2.24) is 0 Å². The van der Waals surface area contributed by atoms with Gasteiger partial charge in [-0.25, -0.2) is 0 Å². The van der Waals surface area contributed by atoms with E-state index < -0.39 is 5.60 Å². The molecule has 0 radical (unpaired) electrons. The molecule has 0 aromatic carbocycles. The molecule has 14 heavy (non-hydrogen) atoms. The van der Waals surface area contributed by atoms with E-state index in [4.69, 9.17) is 4.74 Å². The fourth-order valence-corrected chi connectivity index (χ4v) is 2.24. The molecule has 0 bridgehead atoms. The van der Waals surface area contributed by atoms with Crippen LogP contribution in [0.1, 0.15) is 46.5 Å². The fourth-order valence-electron chi connectivity index (χ4n) is 2.24. The van der Waals surface area contributed by atoms with Crippen molar-refractivity contribution >= 4 is 0 Å². The van der Waals surface area contributed by atoms with Crippen LogP contribution in [-0.4, -0.2) is 23.9 Å². The molecule has 2 heteroatoms. The molecule has 1 aliphatic rings. The van der Waals surface area contributed by atoms with Crippen LogP contribution in [0, 0.1) is 11.8 Å². The predicted octanol–water partition coefficient (Wildman–Crippen LogP) is 2.60. The minimum Gasteiger partial charge on any atom is -0.390 e. The summed E-state index contributed by atoms with van der Waals surface area (Å²) in [7, 11) is 0. The number of aliphatic hydroxyl groups is 1. The lowest BCUT2D eigenvalue weighted by molar-refractivity contribution is -0.0462. The van der Waals surface area contributed by atoms with E-state index in [1.54, 1.807) is 0 Å². The largest absolute Gasteiger partial charge is 0.390 e. The quantitative estimate of drug-likeness (QED) is 0.756. The summed E-state index contributed by atoms with van der Waals surface area (Å²) in [6, 6.07) is 0. The minimum absolute atomic E-state index is 0.357. The fraction of sp³-hybridized carbons (Fsp3) is 1.00. The molecule has 1 saturated heterocycles. The second-order valence-corrected chi connectivity index (χ2v) is 4.87. The SMILES string of the molecule is CCC(O)(CC1CCOCC1)C(C)C. The molecule has 1 N–H and O–H groups in total. The molecule has 2 nitrogen and oxygen atoms in total. The van der Waals surface area contributed by atoms with Crippen LogP contribution < -0.4 is 0 Å². The molecule has 1 aliphatic heterocycles. The van der Waals surface area contributed by atoms with Crippen LogP contribution >= 0.6 is 0 Å². The maximum absolute atomic E-state index is 10.4. The van der Waals surface area contributed by atoms with Gasteiger partial charge < -0.3 is 9.84 Å². The van der Waals surface area contributed by atoms with Gasteiger partial charge in [0.25, 0.3) is 0 Å². The smallest absolute Gasteiger partial charge is 0.0670 e. The molecule has 0 amide bonds. The summed E-state index contributed by atoms with van der Waals surface area (Å²) in [5.74, 6) is 1.02. The van der Waals surface area contributed by atoms with E-state index >= 15 is 0 Å². The number of hydrogen-bond acceptors (Lipinski definition) is 2. The molecule has 1 atom stereocenters. The number of hydrogen-bond donors (Lipinski definition) is 1. The Bertz CT molecular complexity index is 162. The van der Waals surface area contributed by atoms with E-state index in [-0.39, 0.29) is 0 Å². The Morgan fingerprint density at radius 2 is 1.93 bits per heavy atom. The molecule has 0 spiro atoms. The highest BCUT2D eigenvalue weighted by molar-refractivity contribution is 4.84. The second-order valence-electron chi connectivity index (χ2n) is 4.87. The van der Waals surface area contributed by atoms with E-state index in [0.29, 0.717) is 11.8 Å². The zero-order valence-corrected chi connectivity index (χ0v) is 9.75. The lowest BCUT2D eigenvalue weighted by Gasteiger charge is -2.36. The first-order valence-electron chi connectivity index (χ1n) is 5.88. The maximum atomic E-state index is 10.4. The summed E-state index contributed by atoms with van der Waals surface area (Å²) >= 11 is 0. The van der Waals surface area contributed by atoms with Crippen LogP contribution in [0.4, 0.5) is 0 Å². The third kappa shape index (κ3) is 2.96. The van der Waals surface area contributed by atoms with Crippen molar-refractivity contribution in [2.24, 2.45) is 11.8 Å². The van der Waals surface area contributed by atoms with E-state index in [2.05, 4.69) is 20.8 Å². The van der Waals surface area contributed by atoms with Crippen LogP contribution in [0.2, 0.25) is 0 Å². The van der Waals surface area contributed by atoms with Crippen LogP contribution in [-0.2, 0) is 4.74 Å². The van der Waals surface area contributed by atoms with Gasteiger partial charge in [0.1, 0.15) is 0 Å². The zero-order valence-electron chi connectivity index (χ0n) is 9.75. The Morgan fingerprint density at radius 3 is 2.36 bits per heavy atom. The zero-order chi connectivity index (χ0) is 10.6. The maximum Gasteiger partial charge on any atom is 0.0670 e. The van der Waals surface area contributed by atoms with Gasteiger partial charge in [-0.3, -0.25) is 0 Å². The third-order valence-electron chi connectivity index (χ3n) is 3.67. The van der Waals surface area contributed by atoms with E-state index in [9.17, 15) is 5.11 Å². The molecule has 0 aliphatic carbocycles. The Labute approximate surface area is 87.7 Å². The molecule has 0 aromatic rings. The summed E-state index contributed by atoms with van der Waals surface area (Å²) < 4.78 is 5.33. The Morgan fingerprint density at radius 1 is 1.36 bits per heavy atom. The average molecular weight is 200 g/mol. The van der Waals surface area contributed by atoms with Crippen molar-refractivity contribution in [3.63, 3.8) is 0 Å². The average Bonchev–Trinajstić information content (AvgIpc) is 2.19. The topological polar surface area (TPSA) is 29.5 Å². The first-order valence-corrected chi connectivity index (χ1v) is 5.88. The number of ether oxygens (including phenoxy) is 1. The van der Waals surface area contributed by atoms with Crippen molar-refractivity contribution in [3.05, 3.63) is 0 Å². The van der Waals surface area contributed by atoms with Crippen LogP contribution in [0.25, 0.3) is 0 Å². The Balaban J connectivity index is 2.46. The monoisotopic (exact) mass is 200 g/mol. The van der Waals surface area contributed by atoms with Gasteiger partial charge in [-0.15, -0.1) is 0 Å². The molecular weight excluding hydrogens is 176 g/mol. The molecule has 1 fully saturated rings. The Kier molecular flexibility index (Phi) is 4.39. The summed E-state index contributed by atoms with van der Waals surface area (Å²) in [6.45, 7) is 8.07. The third-order valence-corrected chi connectivity index (χ3v) is 3.67. The van der Waals surface area contributed by atoms with E-state index in [1.165, 1.54) is 0 Å². The summed E-state index contributed by atoms with van der Waals surface area (Å²) in [5.41, 5.74) is -0.456. The van der Waals surface area contributed by atoms with E-state index in [0.717, 1.165) is 38.9 Å². The first kappa shape index (κ1) is 12.0. The second kappa shape index (κ2) is 5.13. The standard InChI is InChI=1S/C12H24O2/c1-4-12(13,10(2)3)9-11-5-7-14-8-6-11/h10-11,13H,4-9H2,1-3H3. The van der Waals surface area contributed by atoms with Crippen LogP contribution in [0.5, 0.6) is 0 Å². The van der Waals surface area contributed by atoms with Gasteiger partial charge in [0, 0.05) is 13.2 Å². The molecule has 1 heterocycles. The highest BCUT2D eigenvalue weighted by Crippen LogP contribution is 2.32. The van der Waals surface area contributed by atoms with Crippen LogP contribution in [0.15, 0.2) is 0 Å². The Hall–Kier alpha value is -0.0800. The van der Waals surface area contributed by atoms with Gasteiger partial charge in [-0.05, 0) is 37.5 Å². The molecule has 84 valence electrons. The molecule has 1 unspecified atom stereocenters. The molecule has 0 saturated carbocycles. The predicted molar refractivity (Wildman–Crippen MR) is 58.2 cm³/mol. The van der Waals surface area contributed by atoms with Crippen molar-refractivity contribution < 1.29 is 9.84 Å². The molecule has 0 aromatic heterocycles. The minimum atomic E-state index is -0.456. The van der Waals surface area contributed by atoms with Gasteiger partial charge in [0.05, 0.1) is 5.60 Å². The van der Waals surface area contributed by atoms with Gasteiger partial charge in [-0.1, -0.05) is 20.8 Å². The molecular formula is C12H24O2. The van der Waals surface area contributed by atoms with Gasteiger partial charge in [0.15, 0.2) is 0 Å². The number of rotatable bonds is 4. The van der Waals surface area contributed by atoms with Gasteiger partial charge in [0.2, 0.25) is 0 Å².